The Morgan fingerprint density at radius 1 is 1.10 bits per heavy atom. The predicted molar refractivity (Wildman–Crippen MR) is 73.9 cm³/mol. The van der Waals surface area contributed by atoms with Crippen molar-refractivity contribution in [1.82, 2.24) is 10.2 Å². The van der Waals surface area contributed by atoms with E-state index in [-0.39, 0.29) is 29.8 Å². The summed E-state index contributed by atoms with van der Waals surface area (Å²) in [5.41, 5.74) is 0. The van der Waals surface area contributed by atoms with Gasteiger partial charge in [0, 0.05) is 0 Å². The van der Waals surface area contributed by atoms with E-state index in [2.05, 4.69) is 5.32 Å². The summed E-state index contributed by atoms with van der Waals surface area (Å²) < 4.78 is 5.79. The topological polar surface area (TPSA) is 58.6 Å². The largest absolute Gasteiger partial charge is 0.376 e. The third-order valence-electron chi connectivity index (χ3n) is 4.55. The molecule has 0 radical (unpaired) electrons. The van der Waals surface area contributed by atoms with Crippen molar-refractivity contribution >= 4 is 11.8 Å². The maximum Gasteiger partial charge on any atom is 0.233 e. The molecule has 3 aliphatic rings. The SMILES string of the molecule is O=C1[C@H]2CC=CC[C@H]2C(=O)N1CCOC1CCNCC1. The van der Waals surface area contributed by atoms with Crippen LogP contribution in [0.2, 0.25) is 0 Å². The van der Waals surface area contributed by atoms with Crippen LogP contribution in [-0.2, 0) is 14.3 Å². The minimum atomic E-state index is -0.119. The maximum absolute atomic E-state index is 12.2. The van der Waals surface area contributed by atoms with Crippen molar-refractivity contribution in [3.05, 3.63) is 12.2 Å². The highest BCUT2D eigenvalue weighted by atomic mass is 16.5. The highest BCUT2D eigenvalue weighted by Crippen LogP contribution is 2.34. The smallest absolute Gasteiger partial charge is 0.233 e. The van der Waals surface area contributed by atoms with E-state index in [1.54, 1.807) is 0 Å². The summed E-state index contributed by atoms with van der Waals surface area (Å²) in [6, 6.07) is 0. The van der Waals surface area contributed by atoms with E-state index in [4.69, 9.17) is 4.74 Å². The van der Waals surface area contributed by atoms with Gasteiger partial charge in [-0.15, -0.1) is 0 Å². The first-order valence-corrected chi connectivity index (χ1v) is 7.60. The van der Waals surface area contributed by atoms with Crippen LogP contribution in [-0.4, -0.2) is 49.1 Å². The number of nitrogens with zero attached hydrogens (tertiary/aromatic N) is 1. The second kappa shape index (κ2) is 6.06. The molecule has 0 aromatic carbocycles. The van der Waals surface area contributed by atoms with Crippen LogP contribution in [0, 0.1) is 11.8 Å². The standard InChI is InChI=1S/C15H22N2O3/c18-14-12-3-1-2-4-13(12)15(19)17(14)9-10-20-11-5-7-16-8-6-11/h1-2,11-13,16H,3-10H2/t12-,13+. The highest BCUT2D eigenvalue weighted by Gasteiger charge is 2.46. The van der Waals surface area contributed by atoms with Gasteiger partial charge in [-0.25, -0.2) is 0 Å². The van der Waals surface area contributed by atoms with Gasteiger partial charge in [0.05, 0.1) is 31.1 Å². The predicted octanol–water partition coefficient (Wildman–Crippen LogP) is 0.706. The fraction of sp³-hybridized carbons (Fsp3) is 0.733. The Hall–Kier alpha value is -1.20. The Kier molecular flexibility index (Phi) is 4.17. The Balaban J connectivity index is 1.50. The molecule has 2 fully saturated rings. The lowest BCUT2D eigenvalue weighted by Crippen LogP contribution is -2.37. The van der Waals surface area contributed by atoms with Gasteiger partial charge in [-0.3, -0.25) is 14.5 Å². The van der Waals surface area contributed by atoms with Gasteiger partial charge >= 0.3 is 0 Å². The second-order valence-electron chi connectivity index (χ2n) is 5.80. The average molecular weight is 278 g/mol. The molecule has 110 valence electrons. The van der Waals surface area contributed by atoms with E-state index in [1.807, 2.05) is 12.2 Å². The molecule has 2 saturated heterocycles. The van der Waals surface area contributed by atoms with Gasteiger partial charge in [0.25, 0.3) is 0 Å². The Labute approximate surface area is 119 Å². The number of piperidine rings is 1. The number of carbonyl (C=O) groups is 2. The average Bonchev–Trinajstić information content (AvgIpc) is 2.74. The van der Waals surface area contributed by atoms with Crippen LogP contribution in [0.15, 0.2) is 12.2 Å². The third-order valence-corrected chi connectivity index (χ3v) is 4.55. The van der Waals surface area contributed by atoms with Crippen LogP contribution in [0.5, 0.6) is 0 Å². The van der Waals surface area contributed by atoms with Crippen molar-refractivity contribution in [2.45, 2.75) is 31.8 Å². The van der Waals surface area contributed by atoms with Crippen molar-refractivity contribution in [1.29, 1.82) is 0 Å². The Morgan fingerprint density at radius 2 is 1.70 bits per heavy atom. The summed E-state index contributed by atoms with van der Waals surface area (Å²) in [6.07, 6.45) is 7.74. The Bertz CT molecular complexity index is 389. The molecule has 2 heterocycles. The van der Waals surface area contributed by atoms with E-state index in [1.165, 1.54) is 4.90 Å². The molecule has 0 unspecified atom stereocenters. The van der Waals surface area contributed by atoms with Crippen molar-refractivity contribution in [3.8, 4) is 0 Å². The zero-order chi connectivity index (χ0) is 13.9. The minimum absolute atomic E-state index is 0.00161. The molecule has 1 aliphatic carbocycles. The number of amides is 2. The number of imide groups is 1. The number of likely N-dealkylation sites (tertiary alicyclic amines) is 1. The maximum atomic E-state index is 12.2. The first-order chi connectivity index (χ1) is 9.77. The van der Waals surface area contributed by atoms with Crippen LogP contribution in [0.1, 0.15) is 25.7 Å². The minimum Gasteiger partial charge on any atom is -0.376 e. The van der Waals surface area contributed by atoms with E-state index in [9.17, 15) is 9.59 Å². The first kappa shape index (κ1) is 13.8. The van der Waals surface area contributed by atoms with E-state index >= 15 is 0 Å². The van der Waals surface area contributed by atoms with Gasteiger partial charge in [0.2, 0.25) is 11.8 Å². The normalized spacial score (nSPS) is 30.9. The van der Waals surface area contributed by atoms with Gasteiger partial charge in [-0.05, 0) is 38.8 Å². The first-order valence-electron chi connectivity index (χ1n) is 7.60. The monoisotopic (exact) mass is 278 g/mol. The number of nitrogens with one attached hydrogen (secondary N) is 1. The number of allylic oxidation sites excluding steroid dienone is 2. The zero-order valence-corrected chi connectivity index (χ0v) is 11.7. The lowest BCUT2D eigenvalue weighted by Gasteiger charge is -2.24. The zero-order valence-electron chi connectivity index (χ0n) is 11.7. The van der Waals surface area contributed by atoms with Gasteiger partial charge in [-0.2, -0.15) is 0 Å². The molecule has 0 bridgehead atoms. The summed E-state index contributed by atoms with van der Waals surface area (Å²) in [6.45, 7) is 2.85. The molecule has 3 rings (SSSR count). The summed E-state index contributed by atoms with van der Waals surface area (Å²) in [5, 5.41) is 3.29. The lowest BCUT2D eigenvalue weighted by atomic mass is 9.85. The molecule has 0 spiro atoms. The van der Waals surface area contributed by atoms with Gasteiger partial charge < -0.3 is 10.1 Å². The fourth-order valence-corrected chi connectivity index (χ4v) is 3.36. The molecule has 5 nitrogen and oxygen atoms in total. The summed E-state index contributed by atoms with van der Waals surface area (Å²) in [4.78, 5) is 25.9. The van der Waals surface area contributed by atoms with Crippen LogP contribution in [0.3, 0.4) is 0 Å². The number of ether oxygens (including phenoxy) is 1. The third kappa shape index (κ3) is 2.65. The van der Waals surface area contributed by atoms with Gasteiger partial charge in [0.1, 0.15) is 0 Å². The molecule has 2 aliphatic heterocycles. The van der Waals surface area contributed by atoms with E-state index < -0.39 is 0 Å². The molecule has 0 aromatic rings. The summed E-state index contributed by atoms with van der Waals surface area (Å²) in [5.74, 6) is -0.241. The van der Waals surface area contributed by atoms with Gasteiger partial charge in [0.15, 0.2) is 0 Å². The van der Waals surface area contributed by atoms with Crippen molar-refractivity contribution < 1.29 is 14.3 Å². The van der Waals surface area contributed by atoms with E-state index in [0.717, 1.165) is 25.9 Å². The fourth-order valence-electron chi connectivity index (χ4n) is 3.36. The van der Waals surface area contributed by atoms with Crippen molar-refractivity contribution in [2.24, 2.45) is 11.8 Å². The molecule has 2 atom stereocenters. The number of hydrogen-bond donors (Lipinski definition) is 1. The Morgan fingerprint density at radius 3 is 2.30 bits per heavy atom. The molecule has 2 amide bonds. The number of rotatable bonds is 4. The molecule has 1 N–H and O–H groups in total. The van der Waals surface area contributed by atoms with Crippen LogP contribution in [0.4, 0.5) is 0 Å². The van der Waals surface area contributed by atoms with E-state index in [0.29, 0.717) is 26.0 Å². The van der Waals surface area contributed by atoms with Crippen molar-refractivity contribution in [2.75, 3.05) is 26.2 Å². The number of fused-ring (bicyclic) bond motifs is 1. The van der Waals surface area contributed by atoms with Crippen LogP contribution < -0.4 is 5.32 Å². The van der Waals surface area contributed by atoms with Crippen molar-refractivity contribution in [3.63, 3.8) is 0 Å². The highest BCUT2D eigenvalue weighted by molar-refractivity contribution is 6.05. The van der Waals surface area contributed by atoms with Gasteiger partial charge in [-0.1, -0.05) is 12.2 Å². The quantitative estimate of drug-likeness (QED) is 0.608. The van der Waals surface area contributed by atoms with Crippen LogP contribution in [0.25, 0.3) is 0 Å². The molecule has 0 aromatic heterocycles. The molecule has 20 heavy (non-hydrogen) atoms. The molecular weight excluding hydrogens is 256 g/mol. The lowest BCUT2D eigenvalue weighted by molar-refractivity contribution is -0.141. The summed E-state index contributed by atoms with van der Waals surface area (Å²) in [7, 11) is 0. The van der Waals surface area contributed by atoms with Crippen LogP contribution >= 0.6 is 0 Å². The molecule has 5 heteroatoms. The number of hydrogen-bond acceptors (Lipinski definition) is 4. The summed E-state index contributed by atoms with van der Waals surface area (Å²) >= 11 is 0. The second-order valence-corrected chi connectivity index (χ2v) is 5.80. The molecular formula is C15H22N2O3. The number of carbonyl (C=O) groups excluding carboxylic acids is 2. The molecule has 0 saturated carbocycles.